The Morgan fingerprint density at radius 2 is 2.38 bits per heavy atom. The molecule has 0 saturated heterocycles. The van der Waals surface area contributed by atoms with Crippen molar-refractivity contribution in [2.45, 2.75) is 13.3 Å². The highest BCUT2D eigenvalue weighted by atomic mass is 16.5. The Morgan fingerprint density at radius 1 is 1.54 bits per heavy atom. The zero-order valence-corrected chi connectivity index (χ0v) is 8.46. The second kappa shape index (κ2) is 6.13. The van der Waals surface area contributed by atoms with Gasteiger partial charge in [0.1, 0.15) is 0 Å². The summed E-state index contributed by atoms with van der Waals surface area (Å²) in [6.07, 6.45) is 3.50. The molecule has 1 rings (SSSR count). The van der Waals surface area contributed by atoms with Crippen LogP contribution in [0, 0.1) is 0 Å². The van der Waals surface area contributed by atoms with Crippen LogP contribution in [0.15, 0.2) is 11.6 Å². The maximum atomic E-state index is 5.33. The summed E-state index contributed by atoms with van der Waals surface area (Å²) in [4.78, 5) is 2.41. The minimum Gasteiger partial charge on any atom is -0.379 e. The molecule has 0 fully saturated rings. The first-order chi connectivity index (χ1) is 6.33. The van der Waals surface area contributed by atoms with Crippen molar-refractivity contribution in [3.63, 3.8) is 0 Å². The van der Waals surface area contributed by atoms with Gasteiger partial charge in [0.15, 0.2) is 0 Å². The van der Waals surface area contributed by atoms with Crippen molar-refractivity contribution in [1.29, 1.82) is 0 Å². The van der Waals surface area contributed by atoms with E-state index < -0.39 is 0 Å². The van der Waals surface area contributed by atoms with E-state index in [4.69, 9.17) is 10.5 Å². The van der Waals surface area contributed by atoms with Gasteiger partial charge in [-0.25, -0.2) is 0 Å². The van der Waals surface area contributed by atoms with Gasteiger partial charge in [0.2, 0.25) is 0 Å². The molecule has 0 aromatic rings. The van der Waals surface area contributed by atoms with E-state index >= 15 is 0 Å². The number of ether oxygens (including phenoxy) is 1. The summed E-state index contributed by atoms with van der Waals surface area (Å²) in [6, 6.07) is 0. The molecule has 0 amide bonds. The molecule has 3 nitrogen and oxygen atoms in total. The second-order valence-electron chi connectivity index (χ2n) is 3.50. The molecular formula is C10H20N2O. The van der Waals surface area contributed by atoms with E-state index in [-0.39, 0.29) is 0 Å². The van der Waals surface area contributed by atoms with Crippen LogP contribution in [-0.4, -0.2) is 44.3 Å². The normalized spacial score (nSPS) is 18.8. The third-order valence-electron chi connectivity index (χ3n) is 2.33. The molecule has 3 heteroatoms. The molecule has 0 aliphatic carbocycles. The van der Waals surface area contributed by atoms with Crippen molar-refractivity contribution in [2.75, 3.05) is 39.4 Å². The zero-order valence-electron chi connectivity index (χ0n) is 8.46. The first-order valence-electron chi connectivity index (χ1n) is 4.98. The quantitative estimate of drug-likeness (QED) is 0.502. The highest BCUT2D eigenvalue weighted by Crippen LogP contribution is 2.08. The smallest absolute Gasteiger partial charge is 0.0594 e. The van der Waals surface area contributed by atoms with E-state index in [1.807, 2.05) is 0 Å². The fraction of sp³-hybridized carbons (Fsp3) is 0.800. The van der Waals surface area contributed by atoms with Crippen LogP contribution in [0.4, 0.5) is 0 Å². The molecule has 2 N–H and O–H groups in total. The van der Waals surface area contributed by atoms with Gasteiger partial charge < -0.3 is 10.5 Å². The van der Waals surface area contributed by atoms with E-state index in [0.717, 1.165) is 19.7 Å². The van der Waals surface area contributed by atoms with Gasteiger partial charge in [-0.15, -0.1) is 0 Å². The fourth-order valence-electron chi connectivity index (χ4n) is 1.39. The minimum absolute atomic E-state index is 0.624. The van der Waals surface area contributed by atoms with Gasteiger partial charge in [0.25, 0.3) is 0 Å². The predicted molar refractivity (Wildman–Crippen MR) is 54.7 cm³/mol. The summed E-state index contributed by atoms with van der Waals surface area (Å²) < 4.78 is 5.33. The van der Waals surface area contributed by atoms with Crippen molar-refractivity contribution in [3.8, 4) is 0 Å². The van der Waals surface area contributed by atoms with Crippen molar-refractivity contribution < 1.29 is 4.74 Å². The Kier molecular flexibility index (Phi) is 5.05. The van der Waals surface area contributed by atoms with Crippen LogP contribution in [0.25, 0.3) is 0 Å². The number of hydrogen-bond acceptors (Lipinski definition) is 3. The van der Waals surface area contributed by atoms with Gasteiger partial charge in [0, 0.05) is 26.2 Å². The van der Waals surface area contributed by atoms with Gasteiger partial charge >= 0.3 is 0 Å². The third kappa shape index (κ3) is 4.41. The summed E-state index contributed by atoms with van der Waals surface area (Å²) in [5, 5.41) is 0. The van der Waals surface area contributed by atoms with E-state index in [9.17, 15) is 0 Å². The fourth-order valence-corrected chi connectivity index (χ4v) is 1.39. The van der Waals surface area contributed by atoms with Gasteiger partial charge in [-0.1, -0.05) is 11.6 Å². The topological polar surface area (TPSA) is 38.5 Å². The summed E-state index contributed by atoms with van der Waals surface area (Å²) in [6.45, 7) is 7.60. The maximum Gasteiger partial charge on any atom is 0.0594 e. The van der Waals surface area contributed by atoms with Crippen LogP contribution in [-0.2, 0) is 4.74 Å². The molecule has 76 valence electrons. The largest absolute Gasteiger partial charge is 0.379 e. The minimum atomic E-state index is 0.624. The standard InChI is InChI=1S/C10H20N2O/c1-10-2-5-12(6-3-10)7-9-13-8-4-11/h2H,3-9,11H2,1H3. The molecule has 1 aliphatic heterocycles. The zero-order chi connectivity index (χ0) is 9.52. The van der Waals surface area contributed by atoms with Crippen LogP contribution >= 0.6 is 0 Å². The summed E-state index contributed by atoms with van der Waals surface area (Å²) >= 11 is 0. The lowest BCUT2D eigenvalue weighted by molar-refractivity contribution is 0.112. The SMILES string of the molecule is CC1=CCN(CCOCCN)CC1. The second-order valence-corrected chi connectivity index (χ2v) is 3.50. The maximum absolute atomic E-state index is 5.33. The monoisotopic (exact) mass is 184 g/mol. The first-order valence-corrected chi connectivity index (χ1v) is 4.98. The van der Waals surface area contributed by atoms with Crippen molar-refractivity contribution in [3.05, 3.63) is 11.6 Å². The molecular weight excluding hydrogens is 164 g/mol. The van der Waals surface area contributed by atoms with Crippen LogP contribution in [0.1, 0.15) is 13.3 Å². The molecule has 0 aromatic heterocycles. The summed E-state index contributed by atoms with van der Waals surface area (Å²) in [5.41, 5.74) is 6.83. The van der Waals surface area contributed by atoms with E-state index in [1.54, 1.807) is 0 Å². The van der Waals surface area contributed by atoms with E-state index in [0.29, 0.717) is 13.2 Å². The highest BCUT2D eigenvalue weighted by molar-refractivity contribution is 5.03. The van der Waals surface area contributed by atoms with E-state index in [2.05, 4.69) is 17.9 Å². The Labute approximate surface area is 80.5 Å². The molecule has 0 atom stereocenters. The molecule has 0 unspecified atom stereocenters. The van der Waals surface area contributed by atoms with Gasteiger partial charge in [-0.05, 0) is 13.3 Å². The summed E-state index contributed by atoms with van der Waals surface area (Å²) in [7, 11) is 0. The third-order valence-corrected chi connectivity index (χ3v) is 2.33. The Balaban J connectivity index is 2.03. The predicted octanol–water partition coefficient (Wildman–Crippen LogP) is 0.614. The van der Waals surface area contributed by atoms with Gasteiger partial charge in [-0.3, -0.25) is 4.90 Å². The molecule has 0 saturated carbocycles. The lowest BCUT2D eigenvalue weighted by Gasteiger charge is -2.24. The highest BCUT2D eigenvalue weighted by Gasteiger charge is 2.07. The molecule has 13 heavy (non-hydrogen) atoms. The van der Waals surface area contributed by atoms with E-state index in [1.165, 1.54) is 18.5 Å². The lowest BCUT2D eigenvalue weighted by atomic mass is 10.1. The molecule has 1 heterocycles. The molecule has 0 aromatic carbocycles. The van der Waals surface area contributed by atoms with Crippen LogP contribution in [0.2, 0.25) is 0 Å². The molecule has 0 bridgehead atoms. The Bertz CT molecular complexity index is 168. The lowest BCUT2D eigenvalue weighted by Crippen LogP contribution is -2.32. The summed E-state index contributed by atoms with van der Waals surface area (Å²) in [5.74, 6) is 0. The molecule has 0 spiro atoms. The van der Waals surface area contributed by atoms with Crippen LogP contribution in [0.5, 0.6) is 0 Å². The number of nitrogens with zero attached hydrogens (tertiary/aromatic N) is 1. The molecule has 0 radical (unpaired) electrons. The average Bonchev–Trinajstić information content (AvgIpc) is 2.15. The number of nitrogens with two attached hydrogens (primary N) is 1. The first kappa shape index (κ1) is 10.7. The van der Waals surface area contributed by atoms with Crippen molar-refractivity contribution in [2.24, 2.45) is 5.73 Å². The van der Waals surface area contributed by atoms with Crippen LogP contribution in [0.3, 0.4) is 0 Å². The van der Waals surface area contributed by atoms with Crippen LogP contribution < -0.4 is 5.73 Å². The van der Waals surface area contributed by atoms with Crippen molar-refractivity contribution >= 4 is 0 Å². The Hall–Kier alpha value is -0.380. The Morgan fingerprint density at radius 3 is 3.00 bits per heavy atom. The number of rotatable bonds is 5. The average molecular weight is 184 g/mol. The van der Waals surface area contributed by atoms with Gasteiger partial charge in [0.05, 0.1) is 13.2 Å². The molecule has 1 aliphatic rings. The van der Waals surface area contributed by atoms with Crippen molar-refractivity contribution in [1.82, 2.24) is 4.90 Å². The van der Waals surface area contributed by atoms with Gasteiger partial charge in [-0.2, -0.15) is 0 Å². The number of hydrogen-bond donors (Lipinski definition) is 1.